The maximum atomic E-state index is 11.6. The number of ether oxygens (including phenoxy) is 1. The van der Waals surface area contributed by atoms with Crippen molar-refractivity contribution in [2.75, 3.05) is 6.61 Å². The van der Waals surface area contributed by atoms with E-state index in [0.29, 0.717) is 12.8 Å². The molecule has 1 amide bonds. The van der Waals surface area contributed by atoms with Gasteiger partial charge in [0, 0.05) is 0 Å². The van der Waals surface area contributed by atoms with Crippen molar-refractivity contribution in [2.45, 2.75) is 45.2 Å². The molecule has 0 saturated heterocycles. The van der Waals surface area contributed by atoms with Gasteiger partial charge in [-0.05, 0) is 13.3 Å². The van der Waals surface area contributed by atoms with E-state index in [1.54, 1.807) is 6.92 Å². The van der Waals surface area contributed by atoms with E-state index >= 15 is 0 Å². The van der Waals surface area contributed by atoms with Crippen molar-refractivity contribution in [3.05, 3.63) is 0 Å². The van der Waals surface area contributed by atoms with Crippen molar-refractivity contribution in [1.82, 2.24) is 5.32 Å². The summed E-state index contributed by atoms with van der Waals surface area (Å²) in [4.78, 5) is 33.5. The van der Waals surface area contributed by atoms with Crippen molar-refractivity contribution in [3.63, 3.8) is 0 Å². The molecule has 0 aliphatic carbocycles. The second-order valence-electron chi connectivity index (χ2n) is 3.81. The van der Waals surface area contributed by atoms with E-state index in [9.17, 15) is 14.4 Å². The van der Waals surface area contributed by atoms with E-state index in [2.05, 4.69) is 5.32 Å². The smallest absolute Gasteiger partial charge is 0.328 e. The van der Waals surface area contributed by atoms with Crippen LogP contribution in [0.25, 0.3) is 0 Å². The van der Waals surface area contributed by atoms with Crippen LogP contribution in [0.4, 0.5) is 0 Å². The van der Waals surface area contributed by atoms with Crippen molar-refractivity contribution in [1.29, 1.82) is 0 Å². The zero-order valence-electron chi connectivity index (χ0n) is 10.6. The number of esters is 1. The highest BCUT2D eigenvalue weighted by atomic mass is 16.5. The number of carboxylic acid groups (broad SMARTS) is 1. The minimum atomic E-state index is -1.17. The van der Waals surface area contributed by atoms with Gasteiger partial charge in [-0.25, -0.2) is 4.79 Å². The third-order valence-corrected chi connectivity index (χ3v) is 2.20. The first-order valence-corrected chi connectivity index (χ1v) is 5.86. The van der Waals surface area contributed by atoms with E-state index in [0.717, 1.165) is 0 Å². The molecule has 0 unspecified atom stereocenters. The van der Waals surface area contributed by atoms with Crippen molar-refractivity contribution >= 4 is 17.8 Å². The van der Waals surface area contributed by atoms with Crippen molar-refractivity contribution in [2.24, 2.45) is 5.73 Å². The van der Waals surface area contributed by atoms with Gasteiger partial charge in [0.05, 0.1) is 19.1 Å². The Labute approximate surface area is 106 Å². The molecule has 0 aromatic heterocycles. The van der Waals surface area contributed by atoms with Crippen LogP contribution in [0.2, 0.25) is 0 Å². The van der Waals surface area contributed by atoms with Gasteiger partial charge in [0.25, 0.3) is 0 Å². The maximum absolute atomic E-state index is 11.6. The van der Waals surface area contributed by atoms with Crippen LogP contribution in [0.15, 0.2) is 0 Å². The second kappa shape index (κ2) is 8.46. The summed E-state index contributed by atoms with van der Waals surface area (Å²) in [6.07, 6.45) is 0.621. The minimum Gasteiger partial charge on any atom is -0.481 e. The Balaban J connectivity index is 4.43. The number of rotatable bonds is 8. The molecule has 7 heteroatoms. The lowest BCUT2D eigenvalue weighted by molar-refractivity contribution is -0.147. The first kappa shape index (κ1) is 16.4. The molecule has 0 aliphatic rings. The van der Waals surface area contributed by atoms with Crippen molar-refractivity contribution < 1.29 is 24.2 Å². The Hall–Kier alpha value is -1.63. The van der Waals surface area contributed by atoms with Gasteiger partial charge >= 0.3 is 11.9 Å². The number of carbonyl (C=O) groups excluding carboxylic acids is 2. The predicted octanol–water partition coefficient (Wildman–Crippen LogP) is -0.364. The molecule has 0 fully saturated rings. The Morgan fingerprint density at radius 2 is 1.94 bits per heavy atom. The van der Waals surface area contributed by atoms with Gasteiger partial charge in [0.1, 0.15) is 6.04 Å². The van der Waals surface area contributed by atoms with E-state index in [-0.39, 0.29) is 6.61 Å². The first-order valence-electron chi connectivity index (χ1n) is 5.86. The molecule has 0 rings (SSSR count). The van der Waals surface area contributed by atoms with Gasteiger partial charge in [-0.2, -0.15) is 0 Å². The summed E-state index contributed by atoms with van der Waals surface area (Å²) in [5.41, 5.74) is 5.39. The maximum Gasteiger partial charge on any atom is 0.328 e. The Kier molecular flexibility index (Phi) is 7.69. The standard InChI is InChI=1S/C11H20N2O5/c1-3-5-8(11(17)18-4-2)13-10(16)7(12)6-9(14)15/h7-8H,3-6,12H2,1-2H3,(H,13,16)(H,14,15)/t7-,8-/m0/s1. The third-order valence-electron chi connectivity index (χ3n) is 2.20. The lowest BCUT2D eigenvalue weighted by atomic mass is 10.1. The molecule has 0 aliphatic heterocycles. The van der Waals surface area contributed by atoms with E-state index in [1.165, 1.54) is 0 Å². The highest BCUT2D eigenvalue weighted by molar-refractivity contribution is 5.89. The molecule has 0 bridgehead atoms. The van der Waals surface area contributed by atoms with Crippen LogP contribution >= 0.6 is 0 Å². The number of carbonyl (C=O) groups is 3. The molecule has 4 N–H and O–H groups in total. The number of aliphatic carboxylic acids is 1. The van der Waals surface area contributed by atoms with E-state index in [4.69, 9.17) is 15.6 Å². The van der Waals surface area contributed by atoms with E-state index < -0.39 is 36.4 Å². The quantitative estimate of drug-likeness (QED) is 0.513. The van der Waals surface area contributed by atoms with Crippen LogP contribution in [0.1, 0.15) is 33.1 Å². The van der Waals surface area contributed by atoms with Gasteiger partial charge < -0.3 is 20.9 Å². The molecule has 0 radical (unpaired) electrons. The molecule has 18 heavy (non-hydrogen) atoms. The van der Waals surface area contributed by atoms with Gasteiger partial charge in [0.15, 0.2) is 0 Å². The van der Waals surface area contributed by atoms with Gasteiger partial charge in [-0.1, -0.05) is 13.3 Å². The Morgan fingerprint density at radius 3 is 2.39 bits per heavy atom. The first-order chi connectivity index (χ1) is 8.42. The lowest BCUT2D eigenvalue weighted by Crippen LogP contribution is -2.49. The fourth-order valence-electron chi connectivity index (χ4n) is 1.34. The highest BCUT2D eigenvalue weighted by Gasteiger charge is 2.25. The van der Waals surface area contributed by atoms with E-state index in [1.807, 2.05) is 6.92 Å². The van der Waals surface area contributed by atoms with Crippen LogP contribution < -0.4 is 11.1 Å². The molecule has 0 heterocycles. The minimum absolute atomic E-state index is 0.218. The molecule has 0 aromatic rings. The van der Waals surface area contributed by atoms with Gasteiger partial charge in [0.2, 0.25) is 5.91 Å². The largest absolute Gasteiger partial charge is 0.481 e. The molecule has 2 atom stereocenters. The number of carboxylic acids is 1. The van der Waals surface area contributed by atoms with Crippen LogP contribution in [0, 0.1) is 0 Å². The summed E-state index contributed by atoms with van der Waals surface area (Å²) in [5.74, 6) is -2.36. The SMILES string of the molecule is CCC[C@H](NC(=O)[C@@H](N)CC(=O)O)C(=O)OCC. The molecule has 104 valence electrons. The summed E-state index contributed by atoms with van der Waals surface area (Å²) in [6, 6.07) is -1.95. The topological polar surface area (TPSA) is 119 Å². The Bertz CT molecular complexity index is 306. The van der Waals surface area contributed by atoms with Crippen molar-refractivity contribution in [3.8, 4) is 0 Å². The summed E-state index contributed by atoms with van der Waals surface area (Å²) < 4.78 is 4.81. The second-order valence-corrected chi connectivity index (χ2v) is 3.81. The molecule has 0 aromatic carbocycles. The molecule has 7 nitrogen and oxygen atoms in total. The van der Waals surface area contributed by atoms with Gasteiger partial charge in [-0.15, -0.1) is 0 Å². The number of nitrogens with two attached hydrogens (primary N) is 1. The Morgan fingerprint density at radius 1 is 1.33 bits per heavy atom. The normalized spacial score (nSPS) is 13.5. The average Bonchev–Trinajstić information content (AvgIpc) is 2.27. The number of nitrogens with one attached hydrogen (secondary N) is 1. The third kappa shape index (κ3) is 6.19. The molecular weight excluding hydrogens is 240 g/mol. The van der Waals surface area contributed by atoms with Crippen LogP contribution in [-0.4, -0.2) is 41.6 Å². The molecular formula is C11H20N2O5. The average molecular weight is 260 g/mol. The molecule has 0 spiro atoms. The van der Waals surface area contributed by atoms with Crippen LogP contribution in [-0.2, 0) is 19.1 Å². The molecule has 0 saturated carbocycles. The number of amides is 1. The summed E-state index contributed by atoms with van der Waals surface area (Å²) in [7, 11) is 0. The number of hydrogen-bond donors (Lipinski definition) is 3. The zero-order chi connectivity index (χ0) is 14.1. The van der Waals surface area contributed by atoms with Gasteiger partial charge in [-0.3, -0.25) is 9.59 Å². The number of hydrogen-bond acceptors (Lipinski definition) is 5. The van der Waals surface area contributed by atoms with Crippen LogP contribution in [0.5, 0.6) is 0 Å². The predicted molar refractivity (Wildman–Crippen MR) is 63.7 cm³/mol. The fraction of sp³-hybridized carbons (Fsp3) is 0.727. The summed E-state index contributed by atoms with van der Waals surface area (Å²) in [5, 5.41) is 10.9. The van der Waals surface area contributed by atoms with Crippen LogP contribution in [0.3, 0.4) is 0 Å². The lowest BCUT2D eigenvalue weighted by Gasteiger charge is -2.18. The fourth-order valence-corrected chi connectivity index (χ4v) is 1.34. The summed E-state index contributed by atoms with van der Waals surface area (Å²) in [6.45, 7) is 3.74. The monoisotopic (exact) mass is 260 g/mol. The zero-order valence-corrected chi connectivity index (χ0v) is 10.6. The summed E-state index contributed by atoms with van der Waals surface area (Å²) >= 11 is 0. The highest BCUT2D eigenvalue weighted by Crippen LogP contribution is 2.01.